The molecule has 3 heteroatoms. The molecule has 1 saturated heterocycles. The summed E-state index contributed by atoms with van der Waals surface area (Å²) in [5.41, 5.74) is 0. The molecule has 1 aliphatic rings. The highest BCUT2D eigenvalue weighted by atomic mass is 16.2. The highest BCUT2D eigenvalue weighted by molar-refractivity contribution is 5.80. The summed E-state index contributed by atoms with van der Waals surface area (Å²) in [5.74, 6) is 0.547. The first-order chi connectivity index (χ1) is 6.25. The first-order valence-corrected chi connectivity index (χ1v) is 5.21. The fourth-order valence-electron chi connectivity index (χ4n) is 1.66. The standard InChI is InChI=1S/C10H20N2O/c1-3-4-6-11-8-9-5-7-12(2)10(9)13/h9,11H,3-8H2,1-2H3. The minimum Gasteiger partial charge on any atom is -0.345 e. The maximum Gasteiger partial charge on any atom is 0.226 e. The maximum atomic E-state index is 11.5. The molecule has 76 valence electrons. The van der Waals surface area contributed by atoms with Crippen molar-refractivity contribution in [2.75, 3.05) is 26.7 Å². The van der Waals surface area contributed by atoms with Crippen molar-refractivity contribution in [1.29, 1.82) is 0 Å². The fraction of sp³-hybridized carbons (Fsp3) is 0.900. The summed E-state index contributed by atoms with van der Waals surface area (Å²) >= 11 is 0. The second-order valence-electron chi connectivity index (χ2n) is 3.80. The van der Waals surface area contributed by atoms with Gasteiger partial charge < -0.3 is 10.2 Å². The molecule has 1 atom stereocenters. The van der Waals surface area contributed by atoms with E-state index in [9.17, 15) is 4.79 Å². The molecule has 0 aromatic rings. The number of hydrogen-bond acceptors (Lipinski definition) is 2. The third-order valence-corrected chi connectivity index (χ3v) is 2.64. The van der Waals surface area contributed by atoms with Gasteiger partial charge in [-0.1, -0.05) is 13.3 Å². The van der Waals surface area contributed by atoms with E-state index in [4.69, 9.17) is 0 Å². The summed E-state index contributed by atoms with van der Waals surface area (Å²) in [6.07, 6.45) is 3.44. The Hall–Kier alpha value is -0.570. The molecule has 13 heavy (non-hydrogen) atoms. The molecule has 0 aliphatic carbocycles. The van der Waals surface area contributed by atoms with Gasteiger partial charge in [0, 0.05) is 20.1 Å². The molecule has 1 aliphatic heterocycles. The Morgan fingerprint density at radius 1 is 1.62 bits per heavy atom. The van der Waals surface area contributed by atoms with E-state index >= 15 is 0 Å². The van der Waals surface area contributed by atoms with Gasteiger partial charge in [-0.25, -0.2) is 0 Å². The van der Waals surface area contributed by atoms with Crippen molar-refractivity contribution < 1.29 is 4.79 Å². The van der Waals surface area contributed by atoms with Crippen molar-refractivity contribution in [3.05, 3.63) is 0 Å². The summed E-state index contributed by atoms with van der Waals surface area (Å²) in [5, 5.41) is 3.33. The van der Waals surface area contributed by atoms with Crippen molar-refractivity contribution in [1.82, 2.24) is 10.2 Å². The van der Waals surface area contributed by atoms with E-state index in [0.717, 1.165) is 26.1 Å². The van der Waals surface area contributed by atoms with Crippen LogP contribution in [0.4, 0.5) is 0 Å². The zero-order valence-electron chi connectivity index (χ0n) is 8.68. The number of rotatable bonds is 5. The molecule has 0 spiro atoms. The molecule has 1 unspecified atom stereocenters. The number of hydrogen-bond donors (Lipinski definition) is 1. The quantitative estimate of drug-likeness (QED) is 0.643. The summed E-state index contributed by atoms with van der Waals surface area (Å²) in [6, 6.07) is 0. The van der Waals surface area contributed by atoms with Crippen LogP contribution in [-0.4, -0.2) is 37.5 Å². The average Bonchev–Trinajstić information content (AvgIpc) is 2.43. The van der Waals surface area contributed by atoms with Crippen LogP contribution in [0.5, 0.6) is 0 Å². The van der Waals surface area contributed by atoms with E-state index < -0.39 is 0 Å². The van der Waals surface area contributed by atoms with Crippen LogP contribution in [0.25, 0.3) is 0 Å². The number of likely N-dealkylation sites (tertiary alicyclic amines) is 1. The summed E-state index contributed by atoms with van der Waals surface area (Å²) in [6.45, 7) is 5.02. The lowest BCUT2D eigenvalue weighted by Crippen LogP contribution is -2.30. The lowest BCUT2D eigenvalue weighted by atomic mass is 10.1. The van der Waals surface area contributed by atoms with Crippen molar-refractivity contribution in [2.24, 2.45) is 5.92 Å². The number of unbranched alkanes of at least 4 members (excludes halogenated alkanes) is 1. The number of nitrogens with one attached hydrogen (secondary N) is 1. The Labute approximate surface area is 80.5 Å². The molecule has 1 fully saturated rings. The summed E-state index contributed by atoms with van der Waals surface area (Å²) in [7, 11) is 1.88. The van der Waals surface area contributed by atoms with Gasteiger partial charge >= 0.3 is 0 Å². The smallest absolute Gasteiger partial charge is 0.226 e. The molecule has 0 bridgehead atoms. The lowest BCUT2D eigenvalue weighted by Gasteiger charge is -2.10. The second-order valence-corrected chi connectivity index (χ2v) is 3.80. The minimum atomic E-state index is 0.238. The largest absolute Gasteiger partial charge is 0.345 e. The van der Waals surface area contributed by atoms with Gasteiger partial charge in [-0.2, -0.15) is 0 Å². The predicted molar refractivity (Wildman–Crippen MR) is 53.5 cm³/mol. The van der Waals surface area contributed by atoms with Crippen molar-refractivity contribution >= 4 is 5.91 Å². The number of carbonyl (C=O) groups excluding carboxylic acids is 1. The molecule has 0 aromatic heterocycles. The van der Waals surface area contributed by atoms with Gasteiger partial charge in [-0.05, 0) is 19.4 Å². The van der Waals surface area contributed by atoms with Gasteiger partial charge in [0.1, 0.15) is 0 Å². The predicted octanol–water partition coefficient (Wildman–Crippen LogP) is 0.854. The van der Waals surface area contributed by atoms with E-state index in [2.05, 4.69) is 12.2 Å². The zero-order valence-corrected chi connectivity index (χ0v) is 8.68. The number of amides is 1. The molecule has 1 heterocycles. The van der Waals surface area contributed by atoms with Gasteiger partial charge in [0.2, 0.25) is 5.91 Å². The van der Waals surface area contributed by atoms with Crippen molar-refractivity contribution in [3.8, 4) is 0 Å². The van der Waals surface area contributed by atoms with E-state index in [1.807, 2.05) is 11.9 Å². The molecule has 3 nitrogen and oxygen atoms in total. The van der Waals surface area contributed by atoms with E-state index in [1.165, 1.54) is 12.8 Å². The molecular weight excluding hydrogens is 164 g/mol. The van der Waals surface area contributed by atoms with Crippen LogP contribution in [0.3, 0.4) is 0 Å². The Kier molecular flexibility index (Phi) is 4.22. The van der Waals surface area contributed by atoms with Crippen LogP contribution >= 0.6 is 0 Å². The normalized spacial score (nSPS) is 22.8. The molecule has 1 N–H and O–H groups in total. The van der Waals surface area contributed by atoms with E-state index in [0.29, 0.717) is 5.91 Å². The Morgan fingerprint density at radius 2 is 2.38 bits per heavy atom. The third-order valence-electron chi connectivity index (χ3n) is 2.64. The zero-order chi connectivity index (χ0) is 9.68. The van der Waals surface area contributed by atoms with Crippen LogP contribution in [0.15, 0.2) is 0 Å². The van der Waals surface area contributed by atoms with Crippen LogP contribution in [0, 0.1) is 5.92 Å². The van der Waals surface area contributed by atoms with Crippen LogP contribution < -0.4 is 5.32 Å². The van der Waals surface area contributed by atoms with E-state index in [-0.39, 0.29) is 5.92 Å². The lowest BCUT2D eigenvalue weighted by molar-refractivity contribution is -0.129. The Balaban J connectivity index is 2.12. The monoisotopic (exact) mass is 184 g/mol. The van der Waals surface area contributed by atoms with Gasteiger partial charge in [0.25, 0.3) is 0 Å². The van der Waals surface area contributed by atoms with Crippen LogP contribution in [0.1, 0.15) is 26.2 Å². The van der Waals surface area contributed by atoms with Gasteiger partial charge in [-0.3, -0.25) is 4.79 Å². The fourth-order valence-corrected chi connectivity index (χ4v) is 1.66. The molecule has 0 saturated carbocycles. The minimum absolute atomic E-state index is 0.238. The first kappa shape index (κ1) is 10.5. The van der Waals surface area contributed by atoms with Gasteiger partial charge in [0.15, 0.2) is 0 Å². The van der Waals surface area contributed by atoms with E-state index in [1.54, 1.807) is 0 Å². The average molecular weight is 184 g/mol. The molecule has 0 aromatic carbocycles. The van der Waals surface area contributed by atoms with Crippen LogP contribution in [-0.2, 0) is 4.79 Å². The number of carbonyl (C=O) groups is 1. The first-order valence-electron chi connectivity index (χ1n) is 5.21. The van der Waals surface area contributed by atoms with Gasteiger partial charge in [0.05, 0.1) is 5.92 Å². The second kappa shape index (κ2) is 5.22. The topological polar surface area (TPSA) is 32.3 Å². The maximum absolute atomic E-state index is 11.5. The van der Waals surface area contributed by atoms with Gasteiger partial charge in [-0.15, -0.1) is 0 Å². The Morgan fingerprint density at radius 3 is 2.92 bits per heavy atom. The SMILES string of the molecule is CCCCNCC1CCN(C)C1=O. The summed E-state index contributed by atoms with van der Waals surface area (Å²) in [4.78, 5) is 13.3. The van der Waals surface area contributed by atoms with Crippen molar-refractivity contribution in [3.63, 3.8) is 0 Å². The number of nitrogens with zero attached hydrogens (tertiary/aromatic N) is 1. The highest BCUT2D eigenvalue weighted by Crippen LogP contribution is 2.14. The van der Waals surface area contributed by atoms with Crippen LogP contribution in [0.2, 0.25) is 0 Å². The third kappa shape index (κ3) is 2.99. The molecule has 1 amide bonds. The molecular formula is C10H20N2O. The van der Waals surface area contributed by atoms with Crippen molar-refractivity contribution in [2.45, 2.75) is 26.2 Å². The highest BCUT2D eigenvalue weighted by Gasteiger charge is 2.27. The summed E-state index contributed by atoms with van der Waals surface area (Å²) < 4.78 is 0. The Bertz CT molecular complexity index is 170. The molecule has 0 radical (unpaired) electrons. The molecule has 1 rings (SSSR count).